The molecule has 7 nitrogen and oxygen atoms in total. The molecule has 0 saturated carbocycles. The van der Waals surface area contributed by atoms with E-state index in [1.807, 2.05) is 0 Å². The van der Waals surface area contributed by atoms with Crippen molar-refractivity contribution < 1.29 is 33.6 Å². The molecule has 3 aliphatic rings. The molecule has 0 aliphatic carbocycles. The van der Waals surface area contributed by atoms with Gasteiger partial charge in [-0.05, 0) is 27.7 Å². The summed E-state index contributed by atoms with van der Waals surface area (Å²) in [5.41, 5.74) is 0. The van der Waals surface area contributed by atoms with Crippen molar-refractivity contribution in [3.63, 3.8) is 0 Å². The van der Waals surface area contributed by atoms with E-state index in [9.17, 15) is 9.90 Å². The molecule has 3 rings (SSSR count). The number of rotatable bonds is 1. The predicted octanol–water partition coefficient (Wildman–Crippen LogP) is -0.867. The van der Waals surface area contributed by atoms with Crippen molar-refractivity contribution in [2.24, 2.45) is 0 Å². The minimum Gasteiger partial charge on any atom is -0.547 e. The fourth-order valence-corrected chi connectivity index (χ4v) is 2.80. The highest BCUT2D eigenvalue weighted by molar-refractivity contribution is 5.71. The molecule has 5 atom stereocenters. The third-order valence-corrected chi connectivity index (χ3v) is 3.39. The number of carboxylic acid groups (broad SMARTS) is 1. The second-order valence-corrected chi connectivity index (χ2v) is 5.91. The van der Waals surface area contributed by atoms with E-state index in [-0.39, 0.29) is 0 Å². The molecule has 0 N–H and O–H groups in total. The van der Waals surface area contributed by atoms with Gasteiger partial charge in [-0.15, -0.1) is 0 Å². The van der Waals surface area contributed by atoms with E-state index < -0.39 is 48.2 Å². The molecule has 0 bridgehead atoms. The zero-order chi connectivity index (χ0) is 14.0. The van der Waals surface area contributed by atoms with E-state index in [2.05, 4.69) is 0 Å². The number of ether oxygens (including phenoxy) is 5. The van der Waals surface area contributed by atoms with Gasteiger partial charge < -0.3 is 33.6 Å². The second-order valence-electron chi connectivity index (χ2n) is 5.91. The van der Waals surface area contributed by atoms with Crippen LogP contribution in [0.1, 0.15) is 27.7 Å². The summed E-state index contributed by atoms with van der Waals surface area (Å²) in [6.07, 6.45) is -3.86. The molecular formula is C12H17O7-. The van der Waals surface area contributed by atoms with Crippen LogP contribution < -0.4 is 5.11 Å². The number of carbonyl (C=O) groups is 1. The number of carbonyl (C=O) groups excluding carboxylic acids is 1. The van der Waals surface area contributed by atoms with Gasteiger partial charge in [0.1, 0.15) is 24.4 Å². The highest BCUT2D eigenvalue weighted by Gasteiger charge is 2.60. The highest BCUT2D eigenvalue weighted by Crippen LogP contribution is 2.43. The lowest BCUT2D eigenvalue weighted by molar-refractivity contribution is -0.334. The monoisotopic (exact) mass is 273 g/mol. The van der Waals surface area contributed by atoms with Gasteiger partial charge in [-0.2, -0.15) is 0 Å². The van der Waals surface area contributed by atoms with Gasteiger partial charge in [-0.1, -0.05) is 0 Å². The van der Waals surface area contributed by atoms with Gasteiger partial charge in [-0.3, -0.25) is 0 Å². The normalized spacial score (nSPS) is 46.6. The molecule has 3 aliphatic heterocycles. The van der Waals surface area contributed by atoms with E-state index in [4.69, 9.17) is 23.7 Å². The fourth-order valence-electron chi connectivity index (χ4n) is 2.80. The van der Waals surface area contributed by atoms with Crippen LogP contribution in [0.25, 0.3) is 0 Å². The number of hydrogen-bond donors (Lipinski definition) is 0. The molecule has 3 fully saturated rings. The zero-order valence-corrected chi connectivity index (χ0v) is 11.2. The Balaban J connectivity index is 1.91. The minimum atomic E-state index is -1.34. The van der Waals surface area contributed by atoms with Crippen LogP contribution in [0.4, 0.5) is 0 Å². The maximum absolute atomic E-state index is 11.2. The SMILES string of the molecule is CC1(C)O[C@@H]2O[C@@H](C(=O)[O-])[C@H]3OC(C)(C)O[C@@H]3[C@H]2O1. The summed E-state index contributed by atoms with van der Waals surface area (Å²) in [6, 6.07) is 0. The van der Waals surface area contributed by atoms with Crippen molar-refractivity contribution in [1.82, 2.24) is 0 Å². The molecule has 0 aromatic carbocycles. The Hall–Kier alpha value is -0.730. The Labute approximate surface area is 110 Å². The summed E-state index contributed by atoms with van der Waals surface area (Å²) in [5.74, 6) is -3.09. The molecule has 0 unspecified atom stereocenters. The summed E-state index contributed by atoms with van der Waals surface area (Å²) in [7, 11) is 0. The van der Waals surface area contributed by atoms with Crippen molar-refractivity contribution >= 4 is 5.97 Å². The average Bonchev–Trinajstić information content (AvgIpc) is 2.70. The first-order chi connectivity index (χ1) is 8.69. The quantitative estimate of drug-likeness (QED) is 0.614. The van der Waals surface area contributed by atoms with E-state index in [0.29, 0.717) is 0 Å². The van der Waals surface area contributed by atoms with Crippen molar-refractivity contribution in [1.29, 1.82) is 0 Å². The van der Waals surface area contributed by atoms with Gasteiger partial charge in [0.05, 0.1) is 5.97 Å². The Bertz CT molecular complexity index is 405. The lowest BCUT2D eigenvalue weighted by Crippen LogP contribution is -2.60. The fraction of sp³-hybridized carbons (Fsp3) is 0.917. The van der Waals surface area contributed by atoms with E-state index in [0.717, 1.165) is 0 Å². The summed E-state index contributed by atoms with van der Waals surface area (Å²) in [4.78, 5) is 11.2. The van der Waals surface area contributed by atoms with Crippen LogP contribution in [-0.4, -0.2) is 48.2 Å². The van der Waals surface area contributed by atoms with Gasteiger partial charge in [0, 0.05) is 0 Å². The summed E-state index contributed by atoms with van der Waals surface area (Å²) < 4.78 is 28.0. The lowest BCUT2D eigenvalue weighted by Gasteiger charge is -2.37. The summed E-state index contributed by atoms with van der Waals surface area (Å²) >= 11 is 0. The predicted molar refractivity (Wildman–Crippen MR) is 57.5 cm³/mol. The van der Waals surface area contributed by atoms with Gasteiger partial charge in [0.15, 0.2) is 17.9 Å². The van der Waals surface area contributed by atoms with Crippen molar-refractivity contribution in [3.05, 3.63) is 0 Å². The molecule has 0 spiro atoms. The van der Waals surface area contributed by atoms with Crippen LogP contribution in [-0.2, 0) is 28.5 Å². The summed E-state index contributed by atoms with van der Waals surface area (Å²) in [5, 5.41) is 11.2. The molecular weight excluding hydrogens is 256 g/mol. The Morgan fingerprint density at radius 3 is 2.05 bits per heavy atom. The molecule has 19 heavy (non-hydrogen) atoms. The first-order valence-electron chi connectivity index (χ1n) is 6.26. The number of hydrogen-bond acceptors (Lipinski definition) is 7. The van der Waals surface area contributed by atoms with Crippen molar-refractivity contribution in [3.8, 4) is 0 Å². The molecule has 0 radical (unpaired) electrons. The molecule has 3 saturated heterocycles. The first kappa shape index (κ1) is 13.3. The van der Waals surface area contributed by atoms with E-state index in [1.165, 1.54) is 0 Å². The third kappa shape index (κ3) is 2.15. The summed E-state index contributed by atoms with van der Waals surface area (Å²) in [6.45, 7) is 6.90. The minimum absolute atomic E-state index is 0.516. The highest BCUT2D eigenvalue weighted by atomic mass is 16.9. The topological polar surface area (TPSA) is 86.3 Å². The number of aliphatic carboxylic acids is 1. The molecule has 7 heteroatoms. The van der Waals surface area contributed by atoms with Crippen LogP contribution in [0.3, 0.4) is 0 Å². The van der Waals surface area contributed by atoms with Crippen molar-refractivity contribution in [2.75, 3.05) is 0 Å². The van der Waals surface area contributed by atoms with Crippen LogP contribution in [0.15, 0.2) is 0 Å². The largest absolute Gasteiger partial charge is 0.547 e. The first-order valence-corrected chi connectivity index (χ1v) is 6.26. The smallest absolute Gasteiger partial charge is 0.190 e. The van der Waals surface area contributed by atoms with Gasteiger partial charge in [0.25, 0.3) is 0 Å². The third-order valence-electron chi connectivity index (χ3n) is 3.39. The standard InChI is InChI=1S/C12H18O7/c1-11(2)16-5-6(17-11)8-10(15-7(5)9(13)14)19-12(3,4)18-8/h5-8,10H,1-4H3,(H,13,14)/p-1/t5-,6-,7+,8+,10-/m0/s1. The van der Waals surface area contributed by atoms with Crippen LogP contribution in [0, 0.1) is 0 Å². The number of carboxylic acids is 1. The van der Waals surface area contributed by atoms with E-state index >= 15 is 0 Å². The molecule has 108 valence electrons. The molecule has 0 aromatic rings. The van der Waals surface area contributed by atoms with Crippen LogP contribution >= 0.6 is 0 Å². The Kier molecular flexibility index (Phi) is 2.72. The maximum atomic E-state index is 11.2. The van der Waals surface area contributed by atoms with Gasteiger partial charge >= 0.3 is 0 Å². The van der Waals surface area contributed by atoms with Gasteiger partial charge in [-0.25, -0.2) is 0 Å². The molecule has 3 heterocycles. The van der Waals surface area contributed by atoms with Gasteiger partial charge in [0.2, 0.25) is 0 Å². The van der Waals surface area contributed by atoms with Crippen LogP contribution in [0.2, 0.25) is 0 Å². The molecule has 0 amide bonds. The lowest BCUT2D eigenvalue weighted by atomic mass is 9.99. The van der Waals surface area contributed by atoms with E-state index in [1.54, 1.807) is 27.7 Å². The van der Waals surface area contributed by atoms with Crippen molar-refractivity contribution in [2.45, 2.75) is 70.0 Å². The average molecular weight is 273 g/mol. The Morgan fingerprint density at radius 1 is 0.895 bits per heavy atom. The Morgan fingerprint density at radius 2 is 1.42 bits per heavy atom. The maximum Gasteiger partial charge on any atom is 0.190 e. The molecule has 0 aromatic heterocycles. The zero-order valence-electron chi connectivity index (χ0n) is 11.2. The number of fused-ring (bicyclic) bond motifs is 3. The van der Waals surface area contributed by atoms with Crippen LogP contribution in [0.5, 0.6) is 0 Å². The second kappa shape index (κ2) is 3.89.